The van der Waals surface area contributed by atoms with Gasteiger partial charge < -0.3 is 15.3 Å². The number of carbonyl (C=O) groups excluding carboxylic acids is 1. The van der Waals surface area contributed by atoms with Crippen LogP contribution in [0.5, 0.6) is 0 Å². The first-order valence-corrected chi connectivity index (χ1v) is 8.71. The Labute approximate surface area is 148 Å². The molecule has 1 heterocycles. The predicted molar refractivity (Wildman–Crippen MR) is 97.5 cm³/mol. The third-order valence-corrected chi connectivity index (χ3v) is 4.60. The molecular weight excluding hydrogens is 316 g/mol. The van der Waals surface area contributed by atoms with E-state index in [1.54, 1.807) is 11.1 Å². The third-order valence-electron chi connectivity index (χ3n) is 4.60. The Morgan fingerprint density at radius 2 is 2.16 bits per heavy atom. The third kappa shape index (κ3) is 3.69. The Bertz CT molecular complexity index is 748. The molecule has 0 spiro atoms. The molecule has 0 radical (unpaired) electrons. The molecule has 1 aliphatic rings. The molecule has 2 N–H and O–H groups in total. The highest BCUT2D eigenvalue weighted by molar-refractivity contribution is 5.89. The van der Waals surface area contributed by atoms with Crippen LogP contribution in [0.1, 0.15) is 44.4 Å². The van der Waals surface area contributed by atoms with E-state index >= 15 is 0 Å². The summed E-state index contributed by atoms with van der Waals surface area (Å²) in [5.74, 6) is 0. The summed E-state index contributed by atoms with van der Waals surface area (Å²) < 4.78 is 1.82. The van der Waals surface area contributed by atoms with Crippen LogP contribution in [-0.2, 0) is 12.0 Å². The molecular formula is C19H26N4O2. The number of aliphatic hydroxyl groups excluding tert-OH is 1. The summed E-state index contributed by atoms with van der Waals surface area (Å²) in [6.07, 6.45) is 5.33. The quantitative estimate of drug-likeness (QED) is 0.897. The van der Waals surface area contributed by atoms with E-state index in [1.807, 2.05) is 23.0 Å². The molecule has 1 aromatic carbocycles. The normalized spacial score (nSPS) is 16.6. The maximum absolute atomic E-state index is 12.8. The molecule has 3 rings (SSSR count). The Hall–Kier alpha value is -2.34. The number of benzene rings is 1. The molecule has 25 heavy (non-hydrogen) atoms. The van der Waals surface area contributed by atoms with Gasteiger partial charge >= 0.3 is 6.03 Å². The fourth-order valence-electron chi connectivity index (χ4n) is 3.31. The van der Waals surface area contributed by atoms with Gasteiger partial charge in [0.1, 0.15) is 0 Å². The van der Waals surface area contributed by atoms with Gasteiger partial charge in [0.2, 0.25) is 0 Å². The lowest BCUT2D eigenvalue weighted by molar-refractivity contribution is 0.162. The van der Waals surface area contributed by atoms with Gasteiger partial charge in [-0.1, -0.05) is 24.3 Å². The number of aliphatic hydroxyl groups is 1. The molecule has 0 bridgehead atoms. The highest BCUT2D eigenvalue weighted by Crippen LogP contribution is 2.35. The number of aromatic nitrogens is 2. The molecule has 1 aliphatic carbocycles. The second-order valence-electron chi connectivity index (χ2n) is 7.44. The van der Waals surface area contributed by atoms with E-state index in [1.165, 1.54) is 11.1 Å². The lowest BCUT2D eigenvalue weighted by Gasteiger charge is -2.29. The maximum Gasteiger partial charge on any atom is 0.322 e. The molecule has 2 aromatic rings. The number of urea groups is 1. The topological polar surface area (TPSA) is 70.4 Å². The van der Waals surface area contributed by atoms with Crippen LogP contribution in [0.2, 0.25) is 0 Å². The number of rotatable bonds is 4. The van der Waals surface area contributed by atoms with Gasteiger partial charge in [-0.2, -0.15) is 5.10 Å². The molecule has 1 aromatic heterocycles. The summed E-state index contributed by atoms with van der Waals surface area (Å²) in [6.45, 7) is 6.41. The number of anilines is 1. The van der Waals surface area contributed by atoms with Crippen LogP contribution in [0.15, 0.2) is 36.7 Å². The SMILES string of the molecule is CC(C)(C)n1cc(NC(=O)N(CCO)C2CCc3ccccc32)cn1. The van der Waals surface area contributed by atoms with E-state index in [-0.39, 0.29) is 24.2 Å². The van der Waals surface area contributed by atoms with Crippen molar-refractivity contribution >= 4 is 11.7 Å². The molecule has 6 heteroatoms. The summed E-state index contributed by atoms with van der Waals surface area (Å²) >= 11 is 0. The molecule has 0 saturated heterocycles. The minimum atomic E-state index is -0.204. The van der Waals surface area contributed by atoms with Crippen molar-refractivity contribution in [1.29, 1.82) is 0 Å². The van der Waals surface area contributed by atoms with E-state index in [0.29, 0.717) is 12.2 Å². The molecule has 134 valence electrons. The Morgan fingerprint density at radius 1 is 1.40 bits per heavy atom. The summed E-state index contributed by atoms with van der Waals surface area (Å²) in [5, 5.41) is 16.7. The number of hydrogen-bond donors (Lipinski definition) is 2. The largest absolute Gasteiger partial charge is 0.395 e. The second kappa shape index (κ2) is 6.88. The van der Waals surface area contributed by atoms with Crippen molar-refractivity contribution in [1.82, 2.24) is 14.7 Å². The maximum atomic E-state index is 12.8. The predicted octanol–water partition coefficient (Wildman–Crippen LogP) is 3.15. The van der Waals surface area contributed by atoms with Crippen LogP contribution < -0.4 is 5.32 Å². The van der Waals surface area contributed by atoms with Gasteiger partial charge in [-0.05, 0) is 44.7 Å². The number of amides is 2. The van der Waals surface area contributed by atoms with Crippen molar-refractivity contribution in [3.63, 3.8) is 0 Å². The highest BCUT2D eigenvalue weighted by atomic mass is 16.3. The Balaban J connectivity index is 1.77. The van der Waals surface area contributed by atoms with Crippen molar-refractivity contribution < 1.29 is 9.90 Å². The first kappa shape index (κ1) is 17.5. The summed E-state index contributed by atoms with van der Waals surface area (Å²) in [6, 6.07) is 8.00. The molecule has 1 atom stereocenters. The Kier molecular flexibility index (Phi) is 4.81. The van der Waals surface area contributed by atoms with Crippen LogP contribution in [0.25, 0.3) is 0 Å². The lowest BCUT2D eigenvalue weighted by atomic mass is 10.1. The first-order chi connectivity index (χ1) is 11.9. The minimum absolute atomic E-state index is 0.000936. The highest BCUT2D eigenvalue weighted by Gasteiger charge is 2.30. The fourth-order valence-corrected chi connectivity index (χ4v) is 3.31. The number of nitrogens with zero attached hydrogens (tertiary/aromatic N) is 3. The molecule has 0 aliphatic heterocycles. The van der Waals surface area contributed by atoms with E-state index in [0.717, 1.165) is 12.8 Å². The fraction of sp³-hybridized carbons (Fsp3) is 0.474. The van der Waals surface area contributed by atoms with Crippen molar-refractivity contribution in [2.75, 3.05) is 18.5 Å². The lowest BCUT2D eigenvalue weighted by Crippen LogP contribution is -2.39. The molecule has 6 nitrogen and oxygen atoms in total. The molecule has 2 amide bonds. The molecule has 0 fully saturated rings. The van der Waals surface area contributed by atoms with Gasteiger partial charge in [0.25, 0.3) is 0 Å². The van der Waals surface area contributed by atoms with Crippen LogP contribution in [-0.4, -0.2) is 39.0 Å². The van der Waals surface area contributed by atoms with E-state index in [4.69, 9.17) is 0 Å². The zero-order chi connectivity index (χ0) is 18.0. The zero-order valence-corrected chi connectivity index (χ0v) is 15.1. The average molecular weight is 342 g/mol. The summed E-state index contributed by atoms with van der Waals surface area (Å²) in [5.41, 5.74) is 2.98. The average Bonchev–Trinajstić information content (AvgIpc) is 3.19. The number of fused-ring (bicyclic) bond motifs is 1. The van der Waals surface area contributed by atoms with Crippen LogP contribution >= 0.6 is 0 Å². The van der Waals surface area contributed by atoms with E-state index in [2.05, 4.69) is 43.3 Å². The van der Waals surface area contributed by atoms with E-state index < -0.39 is 0 Å². The van der Waals surface area contributed by atoms with Gasteiger partial charge in [0.15, 0.2) is 0 Å². The van der Waals surface area contributed by atoms with Gasteiger partial charge in [-0.15, -0.1) is 0 Å². The van der Waals surface area contributed by atoms with Crippen LogP contribution in [0, 0.1) is 0 Å². The van der Waals surface area contributed by atoms with Gasteiger partial charge in [-0.25, -0.2) is 4.79 Å². The van der Waals surface area contributed by atoms with Crippen molar-refractivity contribution in [3.8, 4) is 0 Å². The number of carbonyl (C=O) groups is 1. The summed E-state index contributed by atoms with van der Waals surface area (Å²) in [7, 11) is 0. The number of aryl methyl sites for hydroxylation is 1. The van der Waals surface area contributed by atoms with Crippen LogP contribution in [0.3, 0.4) is 0 Å². The molecule has 1 unspecified atom stereocenters. The van der Waals surface area contributed by atoms with Crippen molar-refractivity contribution in [2.45, 2.75) is 45.2 Å². The van der Waals surface area contributed by atoms with Gasteiger partial charge in [-0.3, -0.25) is 4.68 Å². The van der Waals surface area contributed by atoms with Crippen molar-refractivity contribution in [2.24, 2.45) is 0 Å². The Morgan fingerprint density at radius 3 is 2.84 bits per heavy atom. The second-order valence-corrected chi connectivity index (χ2v) is 7.44. The first-order valence-electron chi connectivity index (χ1n) is 8.71. The molecule has 0 saturated carbocycles. The van der Waals surface area contributed by atoms with E-state index in [9.17, 15) is 9.90 Å². The minimum Gasteiger partial charge on any atom is -0.395 e. The monoisotopic (exact) mass is 342 g/mol. The van der Waals surface area contributed by atoms with Crippen molar-refractivity contribution in [3.05, 3.63) is 47.8 Å². The van der Waals surface area contributed by atoms with Crippen LogP contribution in [0.4, 0.5) is 10.5 Å². The smallest absolute Gasteiger partial charge is 0.322 e. The summed E-state index contributed by atoms with van der Waals surface area (Å²) in [4.78, 5) is 14.5. The number of hydrogen-bond acceptors (Lipinski definition) is 3. The standard InChI is InChI=1S/C19H26N4O2/c1-19(2,3)23-13-15(12-20-23)21-18(25)22(10-11-24)17-9-8-14-6-4-5-7-16(14)17/h4-7,12-13,17,24H,8-11H2,1-3H3,(H,21,25). The van der Waals surface area contributed by atoms with Gasteiger partial charge in [0, 0.05) is 12.7 Å². The van der Waals surface area contributed by atoms with Gasteiger partial charge in [0.05, 0.1) is 30.1 Å². The zero-order valence-electron chi connectivity index (χ0n) is 15.1. The number of nitrogens with one attached hydrogen (secondary N) is 1.